The van der Waals surface area contributed by atoms with Crippen LogP contribution in [0.5, 0.6) is 11.5 Å². The Bertz CT molecular complexity index is 1810. The molecule has 1 atom stereocenters. The molecular formula is C38H42ClN3O6S. The Hall–Kier alpha value is -4.54. The largest absolute Gasteiger partial charge is 0.497 e. The number of halogens is 1. The summed E-state index contributed by atoms with van der Waals surface area (Å²) < 4.78 is 40.6. The first-order chi connectivity index (χ1) is 23.7. The fraction of sp³-hybridized carbons (Fsp3) is 0.316. The molecule has 1 aliphatic carbocycles. The van der Waals surface area contributed by atoms with Crippen LogP contribution >= 0.6 is 11.6 Å². The average molecular weight is 704 g/mol. The summed E-state index contributed by atoms with van der Waals surface area (Å²) in [5.41, 5.74) is 1.75. The van der Waals surface area contributed by atoms with Crippen LogP contribution in [0.15, 0.2) is 108 Å². The zero-order chi connectivity index (χ0) is 34.8. The Morgan fingerprint density at radius 3 is 2.18 bits per heavy atom. The van der Waals surface area contributed by atoms with E-state index in [1.165, 1.54) is 31.3 Å². The first-order valence-corrected chi connectivity index (χ1v) is 18.2. The molecule has 0 aromatic heterocycles. The van der Waals surface area contributed by atoms with E-state index in [1.807, 2.05) is 36.4 Å². The van der Waals surface area contributed by atoms with Crippen molar-refractivity contribution >= 4 is 39.1 Å². The lowest BCUT2D eigenvalue weighted by molar-refractivity contribution is -0.140. The van der Waals surface area contributed by atoms with Crippen molar-refractivity contribution in [1.82, 2.24) is 10.2 Å². The summed E-state index contributed by atoms with van der Waals surface area (Å²) in [5.74, 6) is -0.0976. The number of carbonyl (C=O) groups is 2. The van der Waals surface area contributed by atoms with E-state index >= 15 is 0 Å². The van der Waals surface area contributed by atoms with E-state index in [1.54, 1.807) is 54.6 Å². The van der Waals surface area contributed by atoms with Crippen LogP contribution in [0.2, 0.25) is 5.02 Å². The number of nitrogens with zero attached hydrogens (tertiary/aromatic N) is 2. The van der Waals surface area contributed by atoms with Crippen molar-refractivity contribution in [3.05, 3.63) is 119 Å². The molecule has 0 radical (unpaired) electrons. The van der Waals surface area contributed by atoms with E-state index in [4.69, 9.17) is 21.1 Å². The van der Waals surface area contributed by atoms with Crippen LogP contribution in [-0.2, 0) is 32.6 Å². The topological polar surface area (TPSA) is 105 Å². The van der Waals surface area contributed by atoms with Gasteiger partial charge in [0.05, 0.1) is 24.8 Å². The monoisotopic (exact) mass is 703 g/mol. The van der Waals surface area contributed by atoms with Gasteiger partial charge in [-0.15, -0.1) is 0 Å². The van der Waals surface area contributed by atoms with E-state index in [2.05, 4.69) is 5.32 Å². The van der Waals surface area contributed by atoms with E-state index in [0.29, 0.717) is 16.3 Å². The normalized spacial score (nSPS) is 14.0. The van der Waals surface area contributed by atoms with Gasteiger partial charge in [0.25, 0.3) is 10.0 Å². The summed E-state index contributed by atoms with van der Waals surface area (Å²) in [6.07, 6.45) is 5.14. The van der Waals surface area contributed by atoms with Gasteiger partial charge >= 0.3 is 0 Å². The number of sulfonamides is 1. The van der Waals surface area contributed by atoms with Crippen LogP contribution in [-0.4, -0.2) is 58.0 Å². The van der Waals surface area contributed by atoms with Gasteiger partial charge in [0.1, 0.15) is 24.1 Å². The Morgan fingerprint density at radius 1 is 0.837 bits per heavy atom. The number of anilines is 1. The number of nitrogens with one attached hydrogen (secondary N) is 1. The van der Waals surface area contributed by atoms with Gasteiger partial charge in [0.15, 0.2) is 0 Å². The second-order valence-corrected chi connectivity index (χ2v) is 14.4. The molecule has 1 saturated carbocycles. The first kappa shape index (κ1) is 35.8. The number of methoxy groups -OCH3 is 2. The highest BCUT2D eigenvalue weighted by atomic mass is 35.5. The van der Waals surface area contributed by atoms with Crippen molar-refractivity contribution in [2.75, 3.05) is 25.1 Å². The predicted octanol–water partition coefficient (Wildman–Crippen LogP) is 6.64. The summed E-state index contributed by atoms with van der Waals surface area (Å²) in [5, 5.41) is 3.70. The minimum atomic E-state index is -4.32. The molecule has 2 amide bonds. The van der Waals surface area contributed by atoms with Crippen molar-refractivity contribution < 1.29 is 27.5 Å². The SMILES string of the molecule is COc1ccc(S(=O)(=O)N(CC(=O)N(Cc2cccc(Cl)c2)[C@@H](Cc2ccccc2)C(=O)NC2CCCCC2)c2ccccc2OC)cc1. The van der Waals surface area contributed by atoms with Crippen molar-refractivity contribution in [1.29, 1.82) is 0 Å². The zero-order valence-electron chi connectivity index (χ0n) is 27.8. The Kier molecular flexibility index (Phi) is 12.2. The number of amides is 2. The third-order valence-electron chi connectivity index (χ3n) is 8.74. The van der Waals surface area contributed by atoms with Crippen LogP contribution < -0.4 is 19.1 Å². The van der Waals surface area contributed by atoms with Crippen LogP contribution in [0.3, 0.4) is 0 Å². The molecule has 0 saturated heterocycles. The third-order valence-corrected chi connectivity index (χ3v) is 10.8. The number of para-hydroxylation sites is 2. The fourth-order valence-electron chi connectivity index (χ4n) is 6.15. The van der Waals surface area contributed by atoms with E-state index in [9.17, 15) is 18.0 Å². The van der Waals surface area contributed by atoms with Crippen LogP contribution in [0, 0.1) is 0 Å². The fourth-order valence-corrected chi connectivity index (χ4v) is 7.79. The van der Waals surface area contributed by atoms with Crippen molar-refractivity contribution in [2.45, 2.75) is 62.0 Å². The number of rotatable bonds is 14. The minimum Gasteiger partial charge on any atom is -0.497 e. The molecule has 0 spiro atoms. The molecule has 4 aromatic rings. The summed E-state index contributed by atoms with van der Waals surface area (Å²) in [7, 11) is -1.38. The highest BCUT2D eigenvalue weighted by Crippen LogP contribution is 2.33. The zero-order valence-corrected chi connectivity index (χ0v) is 29.3. The Balaban J connectivity index is 1.58. The molecule has 1 fully saturated rings. The second-order valence-electron chi connectivity index (χ2n) is 12.1. The van der Waals surface area contributed by atoms with Gasteiger partial charge in [-0.05, 0) is 72.5 Å². The molecule has 49 heavy (non-hydrogen) atoms. The molecule has 0 unspecified atom stereocenters. The van der Waals surface area contributed by atoms with Crippen molar-refractivity contribution in [3.8, 4) is 11.5 Å². The van der Waals surface area contributed by atoms with E-state index in [0.717, 1.165) is 42.0 Å². The number of benzene rings is 4. The predicted molar refractivity (Wildman–Crippen MR) is 191 cm³/mol. The first-order valence-electron chi connectivity index (χ1n) is 16.4. The van der Waals surface area contributed by atoms with Gasteiger partial charge in [-0.3, -0.25) is 13.9 Å². The molecule has 5 rings (SSSR count). The number of carbonyl (C=O) groups excluding carboxylic acids is 2. The standard InChI is InChI=1S/C38H42ClN3O6S/c1-47-32-20-22-33(23-21-32)49(45,46)42(34-18-9-10-19-36(34)48-2)27-37(43)41(26-29-14-11-15-30(39)24-29)35(25-28-12-5-3-6-13-28)38(44)40-31-16-7-4-8-17-31/h3,5-6,9-15,18-24,31,35H,4,7-8,16-17,25-27H2,1-2H3,(H,40,44)/t35-/m0/s1. The Labute approximate surface area is 293 Å². The van der Waals surface area contributed by atoms with Gasteiger partial charge in [-0.2, -0.15) is 0 Å². The van der Waals surface area contributed by atoms with Crippen LogP contribution in [0.25, 0.3) is 0 Å². The maximum Gasteiger partial charge on any atom is 0.264 e. The summed E-state index contributed by atoms with van der Waals surface area (Å²) >= 11 is 6.36. The van der Waals surface area contributed by atoms with Gasteiger partial charge < -0.3 is 19.7 Å². The molecule has 0 heterocycles. The summed E-state index contributed by atoms with van der Waals surface area (Å²) in [6.45, 7) is -0.575. The molecule has 1 aliphatic rings. The highest BCUT2D eigenvalue weighted by molar-refractivity contribution is 7.92. The molecular weight excluding hydrogens is 662 g/mol. The lowest BCUT2D eigenvalue weighted by Crippen LogP contribution is -2.55. The van der Waals surface area contributed by atoms with Crippen LogP contribution in [0.1, 0.15) is 43.2 Å². The lowest BCUT2D eigenvalue weighted by Gasteiger charge is -2.35. The highest BCUT2D eigenvalue weighted by Gasteiger charge is 2.36. The number of ether oxygens (including phenoxy) is 2. The molecule has 4 aromatic carbocycles. The molecule has 0 aliphatic heterocycles. The maximum absolute atomic E-state index is 14.8. The number of hydrogen-bond donors (Lipinski definition) is 1. The molecule has 258 valence electrons. The minimum absolute atomic E-state index is 0.00294. The quantitative estimate of drug-likeness (QED) is 0.158. The van der Waals surface area contributed by atoms with Crippen molar-refractivity contribution in [3.63, 3.8) is 0 Å². The lowest BCUT2D eigenvalue weighted by atomic mass is 9.94. The average Bonchev–Trinajstić information content (AvgIpc) is 3.12. The molecule has 11 heteroatoms. The van der Waals surface area contributed by atoms with Gasteiger partial charge in [0.2, 0.25) is 11.8 Å². The molecule has 0 bridgehead atoms. The molecule has 9 nitrogen and oxygen atoms in total. The third kappa shape index (κ3) is 9.13. The summed E-state index contributed by atoms with van der Waals surface area (Å²) in [4.78, 5) is 30.5. The smallest absolute Gasteiger partial charge is 0.264 e. The second kappa shape index (κ2) is 16.7. The van der Waals surface area contributed by atoms with E-state index in [-0.39, 0.29) is 41.2 Å². The van der Waals surface area contributed by atoms with E-state index < -0.39 is 28.5 Å². The maximum atomic E-state index is 14.8. The molecule has 1 N–H and O–H groups in total. The van der Waals surface area contributed by atoms with Gasteiger partial charge in [0, 0.05) is 24.0 Å². The van der Waals surface area contributed by atoms with Gasteiger partial charge in [-0.1, -0.05) is 85.5 Å². The van der Waals surface area contributed by atoms with Crippen LogP contribution in [0.4, 0.5) is 5.69 Å². The Morgan fingerprint density at radius 2 is 1.51 bits per heavy atom. The summed E-state index contributed by atoms with van der Waals surface area (Å²) in [6, 6.07) is 28.2. The van der Waals surface area contributed by atoms with Crippen molar-refractivity contribution in [2.24, 2.45) is 0 Å². The number of hydrogen-bond acceptors (Lipinski definition) is 6. The van der Waals surface area contributed by atoms with Gasteiger partial charge in [-0.25, -0.2) is 8.42 Å².